The highest BCUT2D eigenvalue weighted by Gasteiger charge is 2.48. The van der Waals surface area contributed by atoms with Gasteiger partial charge in [0.15, 0.2) is 4.90 Å². The normalized spacial score (nSPS) is 12.8. The second-order valence-electron chi connectivity index (χ2n) is 3.39. The highest BCUT2D eigenvalue weighted by Crippen LogP contribution is 2.29. The number of benzene rings is 1. The molecule has 2 aromatic rings. The molecule has 0 fully saturated rings. The van der Waals surface area contributed by atoms with Gasteiger partial charge in [-0.1, -0.05) is 18.2 Å². The number of para-hydroxylation sites is 1. The minimum absolute atomic E-state index is 0.0172. The molecule has 4 nitrogen and oxygen atoms in total. The molecule has 2 rings (SSSR count). The Morgan fingerprint density at radius 1 is 1.11 bits per heavy atom. The zero-order valence-corrected chi connectivity index (χ0v) is 9.38. The van der Waals surface area contributed by atoms with Crippen molar-refractivity contribution < 1.29 is 26.0 Å². The van der Waals surface area contributed by atoms with E-state index in [2.05, 4.69) is 4.42 Å². The summed E-state index contributed by atoms with van der Waals surface area (Å²) in [6.07, 6.45) is 0. The molecule has 0 aliphatic heterocycles. The maximum absolute atomic E-state index is 12.3. The Kier molecular flexibility index (Phi) is 2.69. The van der Waals surface area contributed by atoms with Crippen molar-refractivity contribution in [3.05, 3.63) is 40.8 Å². The van der Waals surface area contributed by atoms with Crippen LogP contribution in [0.1, 0.15) is 0 Å². The van der Waals surface area contributed by atoms with E-state index in [0.717, 1.165) is 0 Å². The third-order valence-corrected chi connectivity index (χ3v) is 3.68. The second kappa shape index (κ2) is 3.84. The lowest BCUT2D eigenvalue weighted by atomic mass is 10.2. The molecule has 0 atom stereocenters. The molecule has 8 heteroatoms. The van der Waals surface area contributed by atoms with E-state index in [4.69, 9.17) is 0 Å². The van der Waals surface area contributed by atoms with Crippen molar-refractivity contribution in [2.75, 3.05) is 0 Å². The van der Waals surface area contributed by atoms with Crippen molar-refractivity contribution in [1.82, 2.24) is 0 Å². The van der Waals surface area contributed by atoms with E-state index in [0.29, 0.717) is 6.07 Å². The summed E-state index contributed by atoms with van der Waals surface area (Å²) < 4.78 is 63.8. The molecule has 0 aliphatic rings. The number of sulfone groups is 1. The highest BCUT2D eigenvalue weighted by molar-refractivity contribution is 7.92. The Bertz CT molecular complexity index is 759. The fourth-order valence-electron chi connectivity index (χ4n) is 1.36. The number of alkyl halides is 3. The van der Waals surface area contributed by atoms with Crippen LogP contribution >= 0.6 is 0 Å². The summed E-state index contributed by atoms with van der Waals surface area (Å²) in [5, 5.41) is 0.0972. The van der Waals surface area contributed by atoms with Gasteiger partial charge < -0.3 is 4.42 Å². The van der Waals surface area contributed by atoms with Crippen LogP contribution in [0.4, 0.5) is 13.2 Å². The first-order valence-corrected chi connectivity index (χ1v) is 6.06. The Balaban J connectivity index is 2.82. The summed E-state index contributed by atoms with van der Waals surface area (Å²) in [6.45, 7) is 0. The van der Waals surface area contributed by atoms with Crippen LogP contribution in [0.15, 0.2) is 44.4 Å². The first-order valence-electron chi connectivity index (χ1n) is 4.58. The Morgan fingerprint density at radius 2 is 1.72 bits per heavy atom. The number of hydrogen-bond donors (Lipinski definition) is 0. The monoisotopic (exact) mass is 278 g/mol. The summed E-state index contributed by atoms with van der Waals surface area (Å²) in [6, 6.07) is 6.33. The number of fused-ring (bicyclic) bond motifs is 1. The van der Waals surface area contributed by atoms with Crippen LogP contribution in [-0.4, -0.2) is 13.9 Å². The standard InChI is InChI=1S/C10H5F3O4S/c11-10(12,13)18(15,16)8-5-6-3-1-2-4-7(6)17-9(8)14/h1-5H. The van der Waals surface area contributed by atoms with Gasteiger partial charge in [0.1, 0.15) is 5.58 Å². The number of rotatable bonds is 1. The first-order chi connectivity index (χ1) is 8.23. The van der Waals surface area contributed by atoms with Gasteiger partial charge in [0.05, 0.1) is 0 Å². The van der Waals surface area contributed by atoms with Gasteiger partial charge in [0.25, 0.3) is 9.84 Å². The van der Waals surface area contributed by atoms with Crippen molar-refractivity contribution in [1.29, 1.82) is 0 Å². The molecule has 0 unspecified atom stereocenters. The summed E-state index contributed by atoms with van der Waals surface area (Å²) in [5.74, 6) is 0. The van der Waals surface area contributed by atoms with E-state index in [9.17, 15) is 26.4 Å². The molecule has 1 aromatic carbocycles. The number of hydrogen-bond acceptors (Lipinski definition) is 4. The van der Waals surface area contributed by atoms with Crippen LogP contribution in [0.2, 0.25) is 0 Å². The van der Waals surface area contributed by atoms with E-state index in [1.807, 2.05) is 0 Å². The van der Waals surface area contributed by atoms with E-state index < -0.39 is 25.9 Å². The van der Waals surface area contributed by atoms with Gasteiger partial charge in [0.2, 0.25) is 0 Å². The Labute approximate surface area is 98.6 Å². The molecule has 1 aromatic heterocycles. The molecule has 96 valence electrons. The molecule has 0 amide bonds. The van der Waals surface area contributed by atoms with Gasteiger partial charge in [0, 0.05) is 5.39 Å². The quantitative estimate of drug-likeness (QED) is 0.749. The SMILES string of the molecule is O=c1oc2ccccc2cc1S(=O)(=O)C(F)(F)F. The molecule has 0 bridgehead atoms. The van der Waals surface area contributed by atoms with Gasteiger partial charge in [-0.25, -0.2) is 13.2 Å². The van der Waals surface area contributed by atoms with Crippen LogP contribution in [0.3, 0.4) is 0 Å². The third kappa shape index (κ3) is 1.88. The molecular formula is C10H5F3O4S. The highest BCUT2D eigenvalue weighted by atomic mass is 32.2. The van der Waals surface area contributed by atoms with Gasteiger partial charge in [-0.2, -0.15) is 13.2 Å². The molecule has 1 heterocycles. The van der Waals surface area contributed by atoms with Crippen LogP contribution in [0.5, 0.6) is 0 Å². The molecule has 0 spiro atoms. The van der Waals surface area contributed by atoms with Gasteiger partial charge in [-0.15, -0.1) is 0 Å². The van der Waals surface area contributed by atoms with Crippen molar-refractivity contribution >= 4 is 20.8 Å². The lowest BCUT2D eigenvalue weighted by Crippen LogP contribution is -2.27. The van der Waals surface area contributed by atoms with Crippen LogP contribution in [0.25, 0.3) is 11.0 Å². The molecule has 0 radical (unpaired) electrons. The average molecular weight is 278 g/mol. The van der Waals surface area contributed by atoms with Crippen molar-refractivity contribution in [3.63, 3.8) is 0 Å². The fourth-order valence-corrected chi connectivity index (χ4v) is 2.15. The molecule has 18 heavy (non-hydrogen) atoms. The van der Waals surface area contributed by atoms with Crippen molar-refractivity contribution in [2.45, 2.75) is 10.4 Å². The van der Waals surface area contributed by atoms with E-state index in [1.165, 1.54) is 24.3 Å². The van der Waals surface area contributed by atoms with Crippen LogP contribution in [0, 0.1) is 0 Å². The summed E-state index contributed by atoms with van der Waals surface area (Å²) in [7, 11) is -5.70. The molecule has 0 saturated carbocycles. The Morgan fingerprint density at radius 3 is 2.33 bits per heavy atom. The Hall–Kier alpha value is -1.83. The van der Waals surface area contributed by atoms with E-state index >= 15 is 0 Å². The molecule has 0 N–H and O–H groups in total. The van der Waals surface area contributed by atoms with Gasteiger partial charge in [-0.05, 0) is 12.1 Å². The predicted octanol–water partition coefficient (Wildman–Crippen LogP) is 2.09. The minimum Gasteiger partial charge on any atom is -0.422 e. The predicted molar refractivity (Wildman–Crippen MR) is 55.7 cm³/mol. The lowest BCUT2D eigenvalue weighted by Gasteiger charge is -2.07. The van der Waals surface area contributed by atoms with Crippen LogP contribution in [-0.2, 0) is 9.84 Å². The minimum atomic E-state index is -5.70. The summed E-state index contributed by atoms with van der Waals surface area (Å²) >= 11 is 0. The second-order valence-corrected chi connectivity index (χ2v) is 5.29. The van der Waals surface area contributed by atoms with Crippen molar-refractivity contribution in [2.24, 2.45) is 0 Å². The lowest BCUT2D eigenvalue weighted by molar-refractivity contribution is -0.0437. The zero-order chi connectivity index (χ0) is 13.6. The van der Waals surface area contributed by atoms with E-state index in [1.54, 1.807) is 0 Å². The van der Waals surface area contributed by atoms with Crippen molar-refractivity contribution in [3.8, 4) is 0 Å². The van der Waals surface area contributed by atoms with Gasteiger partial charge in [-0.3, -0.25) is 0 Å². The molecular weight excluding hydrogens is 273 g/mol. The van der Waals surface area contributed by atoms with E-state index in [-0.39, 0.29) is 11.0 Å². The zero-order valence-electron chi connectivity index (χ0n) is 8.56. The van der Waals surface area contributed by atoms with Crippen LogP contribution < -0.4 is 5.63 Å². The topological polar surface area (TPSA) is 64.3 Å². The molecule has 0 aliphatic carbocycles. The summed E-state index contributed by atoms with van der Waals surface area (Å²) in [4.78, 5) is 9.87. The average Bonchev–Trinajstić information content (AvgIpc) is 2.26. The maximum Gasteiger partial charge on any atom is 0.502 e. The maximum atomic E-state index is 12.3. The summed E-state index contributed by atoms with van der Waals surface area (Å²) in [5.41, 5.74) is -7.06. The first kappa shape index (κ1) is 12.6. The number of halogens is 3. The third-order valence-electron chi connectivity index (χ3n) is 2.20. The fraction of sp³-hybridized carbons (Fsp3) is 0.100. The smallest absolute Gasteiger partial charge is 0.422 e. The largest absolute Gasteiger partial charge is 0.502 e. The molecule has 0 saturated heterocycles. The van der Waals surface area contributed by atoms with Gasteiger partial charge >= 0.3 is 11.1 Å².